The molecule has 0 heterocycles. The molecular weight excluding hydrogens is 296 g/mol. The van der Waals surface area contributed by atoms with Gasteiger partial charge < -0.3 is 0 Å². The van der Waals surface area contributed by atoms with E-state index in [1.54, 1.807) is 0 Å². The van der Waals surface area contributed by atoms with Gasteiger partial charge in [-0.3, -0.25) is 9.59 Å². The van der Waals surface area contributed by atoms with Crippen LogP contribution in [0.4, 0.5) is 0 Å². The van der Waals surface area contributed by atoms with Gasteiger partial charge in [-0.2, -0.15) is 0 Å². The highest BCUT2D eigenvalue weighted by atomic mass is 16.1. The number of hydrogen-bond acceptors (Lipinski definition) is 2. The fraction of sp³-hybridized carbons (Fsp3) is 0.818. The Morgan fingerprint density at radius 2 is 1.08 bits per heavy atom. The van der Waals surface area contributed by atoms with Crippen LogP contribution in [0.25, 0.3) is 0 Å². The predicted octanol–water partition coefficient (Wildman–Crippen LogP) is 4.56. The molecule has 4 aliphatic carbocycles. The van der Waals surface area contributed by atoms with Gasteiger partial charge >= 0.3 is 0 Å². The summed E-state index contributed by atoms with van der Waals surface area (Å²) in [4.78, 5) is 24.6. The van der Waals surface area contributed by atoms with Crippen molar-refractivity contribution in [3.63, 3.8) is 0 Å². The number of carbonyl (C=O) groups excluding carboxylic acids is 2. The van der Waals surface area contributed by atoms with Crippen LogP contribution in [-0.2, 0) is 9.59 Å². The average molecular weight is 326 g/mol. The molecule has 2 unspecified atom stereocenters. The Balaban J connectivity index is 1.34. The summed E-state index contributed by atoms with van der Waals surface area (Å²) in [5.41, 5.74) is 0. The van der Waals surface area contributed by atoms with Crippen LogP contribution in [0.1, 0.15) is 77.0 Å². The van der Waals surface area contributed by atoms with Crippen LogP contribution in [0.3, 0.4) is 0 Å². The minimum atomic E-state index is 0.199. The van der Waals surface area contributed by atoms with Gasteiger partial charge in [-0.25, -0.2) is 0 Å². The first-order chi connectivity index (χ1) is 11.7. The van der Waals surface area contributed by atoms with Gasteiger partial charge in [0.1, 0.15) is 11.6 Å². The molecule has 0 radical (unpaired) electrons. The van der Waals surface area contributed by atoms with E-state index in [4.69, 9.17) is 0 Å². The molecule has 0 aliphatic heterocycles. The Morgan fingerprint density at radius 3 is 1.54 bits per heavy atom. The normalized spacial score (nSPS) is 41.5. The predicted molar refractivity (Wildman–Crippen MR) is 94.1 cm³/mol. The fourth-order valence-electron chi connectivity index (χ4n) is 6.23. The molecule has 24 heavy (non-hydrogen) atoms. The maximum atomic E-state index is 12.3. The van der Waals surface area contributed by atoms with Crippen molar-refractivity contribution in [2.75, 3.05) is 0 Å². The molecule has 4 saturated carbocycles. The van der Waals surface area contributed by atoms with Crippen molar-refractivity contribution >= 4 is 11.6 Å². The molecule has 0 spiro atoms. The molecule has 0 amide bonds. The van der Waals surface area contributed by atoms with Crippen molar-refractivity contribution < 1.29 is 9.59 Å². The highest BCUT2D eigenvalue weighted by molar-refractivity contribution is 5.85. The lowest BCUT2D eigenvalue weighted by Crippen LogP contribution is -2.21. The highest BCUT2D eigenvalue weighted by Crippen LogP contribution is 2.46. The minimum absolute atomic E-state index is 0.199. The lowest BCUT2D eigenvalue weighted by atomic mass is 9.77. The van der Waals surface area contributed by atoms with Crippen molar-refractivity contribution in [1.82, 2.24) is 0 Å². The van der Waals surface area contributed by atoms with E-state index in [2.05, 4.69) is 11.8 Å². The molecule has 0 aromatic rings. The third-order valence-electron chi connectivity index (χ3n) is 7.49. The summed E-state index contributed by atoms with van der Waals surface area (Å²) in [6.45, 7) is 0. The maximum absolute atomic E-state index is 12.3. The lowest BCUT2D eigenvalue weighted by molar-refractivity contribution is -0.122. The largest absolute Gasteiger partial charge is 0.299 e. The van der Waals surface area contributed by atoms with E-state index >= 15 is 0 Å². The van der Waals surface area contributed by atoms with Crippen LogP contribution in [0.15, 0.2) is 0 Å². The second kappa shape index (κ2) is 7.03. The smallest absolute Gasteiger partial charge is 0.137 e. The van der Waals surface area contributed by atoms with E-state index in [1.165, 1.54) is 51.4 Å². The number of Topliss-reactive ketones (excluding diaryl/α,β-unsaturated/α-hetero) is 2. The summed E-state index contributed by atoms with van der Waals surface area (Å²) < 4.78 is 0. The number of ketones is 2. The number of carbonyl (C=O) groups is 2. The monoisotopic (exact) mass is 326 g/mol. The summed E-state index contributed by atoms with van der Waals surface area (Å²) in [6.07, 6.45) is 13.3. The first-order valence-electron chi connectivity index (χ1n) is 10.2. The van der Waals surface area contributed by atoms with E-state index in [0.29, 0.717) is 35.2 Å². The third kappa shape index (κ3) is 3.07. The van der Waals surface area contributed by atoms with E-state index in [9.17, 15) is 9.59 Å². The Kier molecular flexibility index (Phi) is 4.79. The zero-order valence-corrected chi connectivity index (χ0v) is 14.8. The second-order valence-corrected chi connectivity index (χ2v) is 8.73. The SMILES string of the molecule is O=C1C[C@H]2CCCCC2C1CC#CC[C@H]1C(=O)C[C@H]2CCCC[C@@H]21. The van der Waals surface area contributed by atoms with Gasteiger partial charge in [0.15, 0.2) is 0 Å². The minimum Gasteiger partial charge on any atom is -0.299 e. The van der Waals surface area contributed by atoms with Crippen molar-refractivity contribution in [1.29, 1.82) is 0 Å². The molecule has 0 N–H and O–H groups in total. The standard InChI is InChI=1S/C22H30O2/c23-21-13-15-7-1-3-9-17(15)19(21)11-5-6-12-20-18-10-4-2-8-16(18)14-22(20)24/h15-20H,1-4,7-14H2/t15-,16-,17+,18?,19-,20?/m1/s1. The molecule has 4 aliphatic rings. The Labute approximate surface area is 146 Å². The van der Waals surface area contributed by atoms with Crippen molar-refractivity contribution in [2.24, 2.45) is 35.5 Å². The second-order valence-electron chi connectivity index (χ2n) is 8.73. The molecule has 2 heteroatoms. The van der Waals surface area contributed by atoms with Crippen LogP contribution in [0.2, 0.25) is 0 Å². The van der Waals surface area contributed by atoms with E-state index in [-0.39, 0.29) is 11.8 Å². The zero-order valence-electron chi connectivity index (χ0n) is 14.8. The summed E-state index contributed by atoms with van der Waals surface area (Å²) in [5, 5.41) is 0. The molecule has 6 atom stereocenters. The van der Waals surface area contributed by atoms with E-state index < -0.39 is 0 Å². The van der Waals surface area contributed by atoms with Gasteiger partial charge in [0.25, 0.3) is 0 Å². The van der Waals surface area contributed by atoms with Crippen LogP contribution >= 0.6 is 0 Å². The van der Waals surface area contributed by atoms with Gasteiger partial charge in [0.2, 0.25) is 0 Å². The summed E-state index contributed by atoms with van der Waals surface area (Å²) in [6, 6.07) is 0. The number of fused-ring (bicyclic) bond motifs is 2. The van der Waals surface area contributed by atoms with E-state index in [0.717, 1.165) is 25.7 Å². The Hall–Kier alpha value is -1.10. The van der Waals surface area contributed by atoms with Crippen LogP contribution in [0, 0.1) is 47.3 Å². The Bertz CT molecular complexity index is 518. The molecule has 0 saturated heterocycles. The van der Waals surface area contributed by atoms with Gasteiger partial charge in [-0.1, -0.05) is 25.7 Å². The summed E-state index contributed by atoms with van der Waals surface area (Å²) in [7, 11) is 0. The molecule has 2 nitrogen and oxygen atoms in total. The molecule has 4 rings (SSSR count). The fourth-order valence-corrected chi connectivity index (χ4v) is 6.23. The first kappa shape index (κ1) is 16.4. The van der Waals surface area contributed by atoms with Crippen LogP contribution < -0.4 is 0 Å². The molecule has 130 valence electrons. The van der Waals surface area contributed by atoms with Gasteiger partial charge in [-0.05, 0) is 49.4 Å². The molecule has 0 aromatic heterocycles. The molecular formula is C22H30O2. The summed E-state index contributed by atoms with van der Waals surface area (Å²) in [5.74, 6) is 10.5. The highest BCUT2D eigenvalue weighted by Gasteiger charge is 2.43. The van der Waals surface area contributed by atoms with Gasteiger partial charge in [0, 0.05) is 37.5 Å². The maximum Gasteiger partial charge on any atom is 0.137 e. The quantitative estimate of drug-likeness (QED) is 0.697. The first-order valence-corrected chi connectivity index (χ1v) is 10.2. The van der Waals surface area contributed by atoms with Gasteiger partial charge in [-0.15, -0.1) is 11.8 Å². The van der Waals surface area contributed by atoms with Crippen LogP contribution in [0.5, 0.6) is 0 Å². The van der Waals surface area contributed by atoms with Crippen molar-refractivity contribution in [3.8, 4) is 11.8 Å². The zero-order chi connectivity index (χ0) is 16.5. The number of rotatable bonds is 2. The molecule has 0 bridgehead atoms. The third-order valence-corrected chi connectivity index (χ3v) is 7.49. The molecule has 0 aromatic carbocycles. The molecule has 4 fully saturated rings. The van der Waals surface area contributed by atoms with E-state index in [1.807, 2.05) is 0 Å². The summed E-state index contributed by atoms with van der Waals surface area (Å²) >= 11 is 0. The van der Waals surface area contributed by atoms with Crippen molar-refractivity contribution in [2.45, 2.75) is 77.0 Å². The van der Waals surface area contributed by atoms with Crippen LogP contribution in [-0.4, -0.2) is 11.6 Å². The van der Waals surface area contributed by atoms with Crippen molar-refractivity contribution in [3.05, 3.63) is 0 Å². The Morgan fingerprint density at radius 1 is 0.667 bits per heavy atom. The average Bonchev–Trinajstić information content (AvgIpc) is 3.08. The van der Waals surface area contributed by atoms with Gasteiger partial charge in [0.05, 0.1) is 0 Å². The number of hydrogen-bond donors (Lipinski definition) is 0. The topological polar surface area (TPSA) is 34.1 Å². The lowest BCUT2D eigenvalue weighted by Gasteiger charge is -2.27.